The van der Waals surface area contributed by atoms with Crippen molar-refractivity contribution in [2.24, 2.45) is 5.92 Å². The van der Waals surface area contributed by atoms with Crippen molar-refractivity contribution in [3.05, 3.63) is 34.9 Å². The Morgan fingerprint density at radius 3 is 1.95 bits per heavy atom. The number of carbonyl (C=O) groups excluding carboxylic acids is 2. The van der Waals surface area contributed by atoms with Crippen LogP contribution in [0, 0.1) is 5.92 Å². The van der Waals surface area contributed by atoms with Crippen molar-refractivity contribution >= 4 is 29.7 Å². The summed E-state index contributed by atoms with van der Waals surface area (Å²) in [6.07, 6.45) is 10.4. The standard InChI is InChI=1S/C29H50N2O5S.CH4/c1-20(2)12-10-13-22(5)14-11-15-23(6)16-17-37-19-25(27(33)34)30-26(32)24(18-21(3)4)31-28(35)36-29(7,8)9;/h12,14,16,21,24-25H,10-11,13,15,17-19H2,1-9H3,(H,30,32)(H,31,35)(H,33,34);1H4/b22-14+,23-16+;/t24-,25-;/m0./s1. The first kappa shape index (κ1) is 37.9. The second kappa shape index (κ2) is 19.8. The van der Waals surface area contributed by atoms with E-state index in [4.69, 9.17) is 4.74 Å². The third-order valence-electron chi connectivity index (χ3n) is 5.29. The number of carboxylic acids is 1. The average Bonchev–Trinajstić information content (AvgIpc) is 2.73. The summed E-state index contributed by atoms with van der Waals surface area (Å²) in [4.78, 5) is 36.8. The van der Waals surface area contributed by atoms with Gasteiger partial charge in [0.1, 0.15) is 17.7 Å². The van der Waals surface area contributed by atoms with E-state index in [0.29, 0.717) is 12.2 Å². The second-order valence-electron chi connectivity index (χ2n) is 11.2. The van der Waals surface area contributed by atoms with Gasteiger partial charge in [0, 0.05) is 11.5 Å². The van der Waals surface area contributed by atoms with Crippen LogP contribution in [0.5, 0.6) is 0 Å². The fourth-order valence-electron chi connectivity index (χ4n) is 3.33. The summed E-state index contributed by atoms with van der Waals surface area (Å²) in [6.45, 7) is 17.6. The third-order valence-corrected chi connectivity index (χ3v) is 6.26. The SMILES string of the molecule is C.CC(C)=CCC/C(C)=C/CC/C(C)=C/CSC[C@H](NC(=O)[C@H](CC(C)C)NC(=O)OC(C)(C)C)C(=O)O. The van der Waals surface area contributed by atoms with Gasteiger partial charge in [0.05, 0.1) is 0 Å². The maximum Gasteiger partial charge on any atom is 0.408 e. The summed E-state index contributed by atoms with van der Waals surface area (Å²) in [5, 5.41) is 14.8. The van der Waals surface area contributed by atoms with Gasteiger partial charge in [0.25, 0.3) is 0 Å². The van der Waals surface area contributed by atoms with Crippen LogP contribution in [0.25, 0.3) is 0 Å². The number of thioether (sulfide) groups is 1. The topological polar surface area (TPSA) is 105 Å². The number of nitrogens with one attached hydrogen (secondary N) is 2. The van der Waals surface area contributed by atoms with E-state index in [0.717, 1.165) is 25.7 Å². The lowest BCUT2D eigenvalue weighted by Crippen LogP contribution is -2.53. The molecule has 3 N–H and O–H groups in total. The summed E-state index contributed by atoms with van der Waals surface area (Å²) < 4.78 is 5.26. The van der Waals surface area contributed by atoms with E-state index < -0.39 is 35.7 Å². The molecule has 0 aromatic carbocycles. The molecule has 0 fully saturated rings. The molecule has 0 unspecified atom stereocenters. The molecular formula is C30H54N2O5S. The van der Waals surface area contributed by atoms with E-state index in [2.05, 4.69) is 56.6 Å². The number of carbonyl (C=O) groups is 3. The highest BCUT2D eigenvalue weighted by Crippen LogP contribution is 2.14. The van der Waals surface area contributed by atoms with E-state index in [9.17, 15) is 19.5 Å². The Morgan fingerprint density at radius 1 is 0.895 bits per heavy atom. The van der Waals surface area contributed by atoms with Gasteiger partial charge in [-0.05, 0) is 86.5 Å². The minimum atomic E-state index is -1.10. The molecule has 0 aliphatic rings. The Balaban J connectivity index is 0. The van der Waals surface area contributed by atoms with Gasteiger partial charge in [-0.1, -0.05) is 56.2 Å². The first-order valence-electron chi connectivity index (χ1n) is 13.2. The maximum absolute atomic E-state index is 12.8. The van der Waals surface area contributed by atoms with Crippen molar-refractivity contribution in [3.63, 3.8) is 0 Å². The van der Waals surface area contributed by atoms with Gasteiger partial charge in [0.2, 0.25) is 5.91 Å². The van der Waals surface area contributed by atoms with Crippen LogP contribution >= 0.6 is 11.8 Å². The number of carboxylic acid groups (broad SMARTS) is 1. The third kappa shape index (κ3) is 20.8. The van der Waals surface area contributed by atoms with Gasteiger partial charge in [-0.15, -0.1) is 0 Å². The number of ether oxygens (including phenoxy) is 1. The lowest BCUT2D eigenvalue weighted by Gasteiger charge is -2.25. The van der Waals surface area contributed by atoms with Gasteiger partial charge in [0.15, 0.2) is 0 Å². The van der Waals surface area contributed by atoms with Gasteiger partial charge in [-0.3, -0.25) is 4.79 Å². The predicted molar refractivity (Wildman–Crippen MR) is 162 cm³/mol. The quantitative estimate of drug-likeness (QED) is 0.137. The molecule has 0 saturated heterocycles. The minimum absolute atomic E-state index is 0. The van der Waals surface area contributed by atoms with E-state index in [1.807, 2.05) is 13.8 Å². The molecule has 0 aromatic heterocycles. The van der Waals surface area contributed by atoms with Crippen molar-refractivity contribution in [2.75, 3.05) is 11.5 Å². The molecule has 8 heteroatoms. The molecular weight excluding hydrogens is 500 g/mol. The smallest absolute Gasteiger partial charge is 0.408 e. The molecule has 0 saturated carbocycles. The highest BCUT2D eigenvalue weighted by atomic mass is 32.2. The Bertz CT molecular complexity index is 821. The molecule has 0 bridgehead atoms. The largest absolute Gasteiger partial charge is 0.480 e. The molecule has 38 heavy (non-hydrogen) atoms. The molecule has 0 rings (SSSR count). The van der Waals surface area contributed by atoms with Crippen molar-refractivity contribution in [3.8, 4) is 0 Å². The number of hydrogen-bond acceptors (Lipinski definition) is 5. The summed E-state index contributed by atoms with van der Waals surface area (Å²) in [6, 6.07) is -1.92. The maximum atomic E-state index is 12.8. The number of hydrogen-bond donors (Lipinski definition) is 3. The summed E-state index contributed by atoms with van der Waals surface area (Å²) in [5.74, 6) is -0.607. The number of allylic oxidation sites excluding steroid dienone is 5. The molecule has 2 amide bonds. The average molecular weight is 555 g/mol. The lowest BCUT2D eigenvalue weighted by molar-refractivity contribution is -0.141. The van der Waals surface area contributed by atoms with Crippen LogP contribution in [0.2, 0.25) is 0 Å². The Morgan fingerprint density at radius 2 is 1.45 bits per heavy atom. The summed E-state index contributed by atoms with van der Waals surface area (Å²) >= 11 is 1.46. The van der Waals surface area contributed by atoms with Crippen molar-refractivity contribution in [1.82, 2.24) is 10.6 Å². The number of alkyl carbamates (subject to hydrolysis) is 1. The highest BCUT2D eigenvalue weighted by Gasteiger charge is 2.28. The van der Waals surface area contributed by atoms with Crippen LogP contribution in [-0.4, -0.2) is 52.3 Å². The van der Waals surface area contributed by atoms with Gasteiger partial charge >= 0.3 is 12.1 Å². The fraction of sp³-hybridized carbons (Fsp3) is 0.700. The minimum Gasteiger partial charge on any atom is -0.480 e. The molecule has 0 aliphatic heterocycles. The molecule has 0 spiro atoms. The first-order chi connectivity index (χ1) is 17.1. The van der Waals surface area contributed by atoms with Crippen LogP contribution in [-0.2, 0) is 14.3 Å². The van der Waals surface area contributed by atoms with Crippen LogP contribution in [0.3, 0.4) is 0 Å². The van der Waals surface area contributed by atoms with Gasteiger partial charge in [-0.2, -0.15) is 11.8 Å². The van der Waals surface area contributed by atoms with E-state index >= 15 is 0 Å². The second-order valence-corrected chi connectivity index (χ2v) is 12.3. The zero-order valence-corrected chi connectivity index (χ0v) is 25.2. The van der Waals surface area contributed by atoms with Crippen molar-refractivity contribution in [2.45, 2.75) is 120 Å². The van der Waals surface area contributed by atoms with E-state index in [-0.39, 0.29) is 19.1 Å². The van der Waals surface area contributed by atoms with E-state index in [1.54, 1.807) is 20.8 Å². The monoisotopic (exact) mass is 554 g/mol. The van der Waals surface area contributed by atoms with Crippen LogP contribution in [0.1, 0.15) is 102 Å². The zero-order chi connectivity index (χ0) is 28.6. The van der Waals surface area contributed by atoms with Crippen molar-refractivity contribution < 1.29 is 24.2 Å². The number of aliphatic carboxylic acids is 1. The molecule has 0 radical (unpaired) electrons. The molecule has 0 aromatic rings. The lowest BCUT2D eigenvalue weighted by atomic mass is 10.0. The highest BCUT2D eigenvalue weighted by molar-refractivity contribution is 7.99. The first-order valence-corrected chi connectivity index (χ1v) is 14.3. The molecule has 0 heterocycles. The number of rotatable bonds is 16. The molecule has 7 nitrogen and oxygen atoms in total. The van der Waals surface area contributed by atoms with Crippen LogP contribution in [0.4, 0.5) is 4.79 Å². The Kier molecular flexibility index (Phi) is 19.8. The van der Waals surface area contributed by atoms with Crippen LogP contribution < -0.4 is 10.6 Å². The normalized spacial score (nSPS) is 13.7. The summed E-state index contributed by atoms with van der Waals surface area (Å²) in [5.41, 5.74) is 3.31. The molecule has 220 valence electrons. The molecule has 2 atom stereocenters. The predicted octanol–water partition coefficient (Wildman–Crippen LogP) is 7.28. The zero-order valence-electron chi connectivity index (χ0n) is 24.4. The fourth-order valence-corrected chi connectivity index (χ4v) is 4.33. The van der Waals surface area contributed by atoms with Gasteiger partial charge in [-0.25, -0.2) is 9.59 Å². The molecule has 0 aliphatic carbocycles. The van der Waals surface area contributed by atoms with Crippen molar-refractivity contribution in [1.29, 1.82) is 0 Å². The van der Waals surface area contributed by atoms with E-state index in [1.165, 1.54) is 28.5 Å². The summed E-state index contributed by atoms with van der Waals surface area (Å²) in [7, 11) is 0. The van der Waals surface area contributed by atoms with Crippen LogP contribution in [0.15, 0.2) is 34.9 Å². The number of amides is 2. The Hall–Kier alpha value is -2.22. The van der Waals surface area contributed by atoms with Gasteiger partial charge < -0.3 is 20.5 Å². The Labute approximate surface area is 236 Å².